The Morgan fingerprint density at radius 3 is 2.47 bits per heavy atom. The number of fused-ring (bicyclic) bond motifs is 1. The Kier molecular flexibility index (Phi) is 3.68. The molecular formula is C13H18S2. The molecule has 15 heavy (non-hydrogen) atoms. The van der Waals surface area contributed by atoms with Gasteiger partial charge in [0.05, 0.1) is 0 Å². The van der Waals surface area contributed by atoms with Crippen LogP contribution in [0.4, 0.5) is 0 Å². The Hall–Kier alpha value is -0.0800. The van der Waals surface area contributed by atoms with Gasteiger partial charge in [-0.3, -0.25) is 0 Å². The monoisotopic (exact) mass is 238 g/mol. The molecule has 2 heteroatoms. The van der Waals surface area contributed by atoms with Gasteiger partial charge in [-0.05, 0) is 30.5 Å². The molecule has 82 valence electrons. The van der Waals surface area contributed by atoms with Crippen LogP contribution in [0.2, 0.25) is 0 Å². The Bertz CT molecular complexity index is 346. The molecule has 2 atom stereocenters. The lowest BCUT2D eigenvalue weighted by atomic mass is 10.2. The van der Waals surface area contributed by atoms with Crippen LogP contribution in [0.25, 0.3) is 0 Å². The summed E-state index contributed by atoms with van der Waals surface area (Å²) in [6, 6.07) is 6.96. The summed E-state index contributed by atoms with van der Waals surface area (Å²) in [6.07, 6.45) is 2.45. The molecule has 1 heterocycles. The molecule has 0 saturated carbocycles. The van der Waals surface area contributed by atoms with Crippen LogP contribution in [0.3, 0.4) is 0 Å². The third-order valence-corrected chi connectivity index (χ3v) is 5.26. The van der Waals surface area contributed by atoms with Gasteiger partial charge in [0.15, 0.2) is 0 Å². The van der Waals surface area contributed by atoms with Crippen molar-refractivity contribution in [3.8, 4) is 0 Å². The molecule has 0 aliphatic carbocycles. The summed E-state index contributed by atoms with van der Waals surface area (Å²) in [5, 5.41) is 1.50. The summed E-state index contributed by atoms with van der Waals surface area (Å²) >= 11 is 4.08. The normalized spacial score (nSPS) is 25.8. The van der Waals surface area contributed by atoms with Gasteiger partial charge in [-0.1, -0.05) is 26.8 Å². The first-order valence-electron chi connectivity index (χ1n) is 5.65. The largest absolute Gasteiger partial charge is 0.122 e. The summed E-state index contributed by atoms with van der Waals surface area (Å²) in [6.45, 7) is 6.91. The van der Waals surface area contributed by atoms with Crippen LogP contribution in [0.15, 0.2) is 28.0 Å². The van der Waals surface area contributed by atoms with Gasteiger partial charge in [0.2, 0.25) is 0 Å². The van der Waals surface area contributed by atoms with E-state index in [9.17, 15) is 0 Å². The highest BCUT2D eigenvalue weighted by atomic mass is 32.2. The first kappa shape index (κ1) is 11.4. The highest BCUT2D eigenvalue weighted by Crippen LogP contribution is 2.42. The summed E-state index contributed by atoms with van der Waals surface area (Å²) in [7, 11) is 0. The second kappa shape index (κ2) is 4.84. The Labute approximate surface area is 101 Å². The molecule has 2 unspecified atom stereocenters. The van der Waals surface area contributed by atoms with Gasteiger partial charge in [-0.15, -0.1) is 23.5 Å². The Morgan fingerprint density at radius 2 is 1.80 bits per heavy atom. The molecule has 1 aromatic rings. The maximum Gasteiger partial charge on any atom is 0.0214 e. The van der Waals surface area contributed by atoms with Crippen LogP contribution in [0.5, 0.6) is 0 Å². The van der Waals surface area contributed by atoms with Crippen molar-refractivity contribution in [1.82, 2.24) is 0 Å². The lowest BCUT2D eigenvalue weighted by Crippen LogP contribution is -2.02. The van der Waals surface area contributed by atoms with Gasteiger partial charge in [0.25, 0.3) is 0 Å². The molecule has 1 aromatic carbocycles. The van der Waals surface area contributed by atoms with E-state index in [1.807, 2.05) is 23.5 Å². The molecule has 0 aromatic heterocycles. The van der Waals surface area contributed by atoms with Crippen LogP contribution >= 0.6 is 23.5 Å². The molecule has 0 bridgehead atoms. The van der Waals surface area contributed by atoms with E-state index in [0.717, 1.165) is 16.9 Å². The third kappa shape index (κ3) is 2.73. The summed E-state index contributed by atoms with van der Waals surface area (Å²) < 4.78 is 0. The van der Waals surface area contributed by atoms with E-state index in [2.05, 4.69) is 39.0 Å². The van der Waals surface area contributed by atoms with E-state index in [1.165, 1.54) is 21.8 Å². The number of aryl methyl sites for hydroxylation is 1. The minimum atomic E-state index is 0.751. The zero-order valence-corrected chi connectivity index (χ0v) is 11.3. The zero-order valence-electron chi connectivity index (χ0n) is 9.62. The van der Waals surface area contributed by atoms with Crippen molar-refractivity contribution in [2.24, 2.45) is 0 Å². The van der Waals surface area contributed by atoms with Crippen LogP contribution in [-0.2, 0) is 6.42 Å². The third-order valence-electron chi connectivity index (χ3n) is 2.74. The lowest BCUT2D eigenvalue weighted by molar-refractivity contribution is 0.807. The SMILES string of the molecule is CCc1ccc2c(c1)SC(C)CC(C)S2. The Morgan fingerprint density at radius 1 is 1.13 bits per heavy atom. The minimum absolute atomic E-state index is 0.751. The number of hydrogen-bond acceptors (Lipinski definition) is 2. The highest BCUT2D eigenvalue weighted by Gasteiger charge is 2.19. The van der Waals surface area contributed by atoms with Crippen LogP contribution in [0, 0.1) is 0 Å². The average Bonchev–Trinajstić information content (AvgIpc) is 2.33. The molecule has 1 aliphatic heterocycles. The van der Waals surface area contributed by atoms with E-state index in [-0.39, 0.29) is 0 Å². The predicted molar refractivity (Wildman–Crippen MR) is 71.1 cm³/mol. The molecule has 0 radical (unpaired) electrons. The van der Waals surface area contributed by atoms with Crippen molar-refractivity contribution < 1.29 is 0 Å². The number of hydrogen-bond donors (Lipinski definition) is 0. The number of thioether (sulfide) groups is 2. The summed E-state index contributed by atoms with van der Waals surface area (Å²) in [4.78, 5) is 2.98. The van der Waals surface area contributed by atoms with Crippen molar-refractivity contribution in [2.75, 3.05) is 0 Å². The van der Waals surface area contributed by atoms with Crippen molar-refractivity contribution in [2.45, 2.75) is 53.9 Å². The summed E-state index contributed by atoms with van der Waals surface area (Å²) in [5.41, 5.74) is 1.46. The van der Waals surface area contributed by atoms with E-state index >= 15 is 0 Å². The second-order valence-electron chi connectivity index (χ2n) is 4.23. The Balaban J connectivity index is 2.33. The molecule has 2 rings (SSSR count). The molecule has 0 fully saturated rings. The van der Waals surface area contributed by atoms with E-state index in [0.29, 0.717) is 0 Å². The van der Waals surface area contributed by atoms with Gasteiger partial charge >= 0.3 is 0 Å². The minimum Gasteiger partial charge on any atom is -0.122 e. The van der Waals surface area contributed by atoms with Gasteiger partial charge in [0, 0.05) is 20.3 Å². The van der Waals surface area contributed by atoms with Crippen molar-refractivity contribution >= 4 is 23.5 Å². The van der Waals surface area contributed by atoms with Crippen LogP contribution in [0.1, 0.15) is 32.8 Å². The fourth-order valence-electron chi connectivity index (χ4n) is 1.96. The van der Waals surface area contributed by atoms with E-state index < -0.39 is 0 Å². The molecule has 0 N–H and O–H groups in total. The molecule has 0 amide bonds. The number of benzene rings is 1. The maximum atomic E-state index is 2.38. The predicted octanol–water partition coefficient (Wildman–Crippen LogP) is 4.61. The molecule has 0 nitrogen and oxygen atoms in total. The zero-order chi connectivity index (χ0) is 10.8. The summed E-state index contributed by atoms with van der Waals surface area (Å²) in [5.74, 6) is 0. The topological polar surface area (TPSA) is 0 Å². The van der Waals surface area contributed by atoms with Crippen LogP contribution < -0.4 is 0 Å². The fraction of sp³-hybridized carbons (Fsp3) is 0.538. The molecule has 0 spiro atoms. The van der Waals surface area contributed by atoms with E-state index in [4.69, 9.17) is 0 Å². The molecule has 1 aliphatic rings. The van der Waals surface area contributed by atoms with Gasteiger partial charge in [-0.2, -0.15) is 0 Å². The van der Waals surface area contributed by atoms with Gasteiger partial charge in [-0.25, -0.2) is 0 Å². The highest BCUT2D eigenvalue weighted by molar-refractivity contribution is 8.03. The standard InChI is InChI=1S/C13H18S2/c1-4-11-5-6-12-13(8-11)15-10(3)7-9(2)14-12/h5-6,8-10H,4,7H2,1-3H3. The number of rotatable bonds is 1. The van der Waals surface area contributed by atoms with Crippen LogP contribution in [-0.4, -0.2) is 10.5 Å². The quantitative estimate of drug-likeness (QED) is 0.700. The van der Waals surface area contributed by atoms with Crippen molar-refractivity contribution in [3.05, 3.63) is 23.8 Å². The van der Waals surface area contributed by atoms with Crippen molar-refractivity contribution in [3.63, 3.8) is 0 Å². The maximum absolute atomic E-state index is 2.38. The van der Waals surface area contributed by atoms with Gasteiger partial charge in [0.1, 0.15) is 0 Å². The molecular weight excluding hydrogens is 220 g/mol. The fourth-order valence-corrected chi connectivity index (χ4v) is 4.73. The smallest absolute Gasteiger partial charge is 0.0214 e. The van der Waals surface area contributed by atoms with Crippen molar-refractivity contribution in [1.29, 1.82) is 0 Å². The first-order chi connectivity index (χ1) is 7.19. The molecule has 0 saturated heterocycles. The average molecular weight is 238 g/mol. The van der Waals surface area contributed by atoms with Gasteiger partial charge < -0.3 is 0 Å². The second-order valence-corrected chi connectivity index (χ2v) is 7.19. The first-order valence-corrected chi connectivity index (χ1v) is 7.41. The van der Waals surface area contributed by atoms with E-state index in [1.54, 1.807) is 0 Å². The lowest BCUT2D eigenvalue weighted by Gasteiger charge is -2.09.